The molecular formula is C46H70BrN3S3. The molecule has 0 saturated carbocycles. The fraction of sp³-hybridized carbons (Fsp3) is 0.717. The zero-order chi connectivity index (χ0) is 37.0. The molecule has 0 atom stereocenters. The summed E-state index contributed by atoms with van der Waals surface area (Å²) >= 11 is 8.84. The van der Waals surface area contributed by atoms with Crippen molar-refractivity contribution in [3.05, 3.63) is 39.3 Å². The van der Waals surface area contributed by atoms with Crippen molar-refractivity contribution in [2.75, 3.05) is 0 Å². The molecule has 5 rings (SSSR count). The molecule has 294 valence electrons. The molecule has 0 unspecified atom stereocenters. The molecule has 0 radical (unpaired) electrons. The van der Waals surface area contributed by atoms with Crippen LogP contribution in [0.3, 0.4) is 0 Å². The molecule has 0 N–H and O–H groups in total. The minimum atomic E-state index is 0.141. The van der Waals surface area contributed by atoms with Crippen LogP contribution in [-0.2, 0) is 5.41 Å². The highest BCUT2D eigenvalue weighted by Crippen LogP contribution is 2.60. The van der Waals surface area contributed by atoms with Gasteiger partial charge in [0.15, 0.2) is 0 Å². The molecular weight excluding hydrogens is 771 g/mol. The third kappa shape index (κ3) is 12.7. The average molecular weight is 841 g/mol. The Morgan fingerprint density at radius 3 is 1.49 bits per heavy atom. The topological polar surface area (TPSA) is 38.7 Å². The van der Waals surface area contributed by atoms with E-state index in [2.05, 4.69) is 51.7 Å². The van der Waals surface area contributed by atoms with E-state index < -0.39 is 0 Å². The van der Waals surface area contributed by atoms with E-state index in [0.717, 1.165) is 21.2 Å². The number of unbranched alkanes of at least 4 members (excludes halogenated alkanes) is 26. The van der Waals surface area contributed by atoms with Gasteiger partial charge in [-0.2, -0.15) is 8.75 Å². The highest BCUT2D eigenvalue weighted by atomic mass is 79.9. The third-order valence-electron chi connectivity index (χ3n) is 12.0. The van der Waals surface area contributed by atoms with Gasteiger partial charge >= 0.3 is 0 Å². The van der Waals surface area contributed by atoms with Crippen LogP contribution < -0.4 is 0 Å². The van der Waals surface area contributed by atoms with Crippen LogP contribution in [0, 0.1) is 0 Å². The molecule has 1 aliphatic carbocycles. The molecule has 0 aromatic carbocycles. The van der Waals surface area contributed by atoms with Gasteiger partial charge in [0.25, 0.3) is 0 Å². The Labute approximate surface area is 344 Å². The summed E-state index contributed by atoms with van der Waals surface area (Å²) in [5, 5.41) is 2.36. The van der Waals surface area contributed by atoms with Crippen LogP contribution in [0.5, 0.6) is 0 Å². The van der Waals surface area contributed by atoms with E-state index in [9.17, 15) is 0 Å². The Hall–Kier alpha value is -1.15. The van der Waals surface area contributed by atoms with Gasteiger partial charge in [-0.3, -0.25) is 4.98 Å². The minimum absolute atomic E-state index is 0.141. The minimum Gasteiger partial charge on any atom is -0.252 e. The SMILES string of the molecule is CCCCCCCCCCCCCCCCC1(CCCCCCCCCCCCCCCC)c2ccsc2-c2sc(-c3ncc(Br)c4nsnc34)cc21. The second kappa shape index (κ2) is 24.5. The van der Waals surface area contributed by atoms with E-state index in [-0.39, 0.29) is 5.41 Å². The van der Waals surface area contributed by atoms with Gasteiger partial charge in [-0.15, -0.1) is 22.7 Å². The van der Waals surface area contributed by atoms with E-state index in [0.29, 0.717) is 0 Å². The first-order chi connectivity index (χ1) is 26.2. The maximum absolute atomic E-state index is 4.91. The van der Waals surface area contributed by atoms with E-state index in [1.54, 1.807) is 11.1 Å². The number of fused-ring (bicyclic) bond motifs is 4. The highest BCUT2D eigenvalue weighted by molar-refractivity contribution is 9.10. The Balaban J connectivity index is 1.13. The fourth-order valence-corrected chi connectivity index (χ4v) is 12.4. The quantitative estimate of drug-likeness (QED) is 0.0474. The molecule has 0 bridgehead atoms. The maximum Gasteiger partial charge on any atom is 0.133 e. The van der Waals surface area contributed by atoms with Gasteiger partial charge in [0.05, 0.1) is 21.1 Å². The summed E-state index contributed by atoms with van der Waals surface area (Å²) in [4.78, 5) is 9.19. The molecule has 0 amide bonds. The smallest absolute Gasteiger partial charge is 0.133 e. The van der Waals surface area contributed by atoms with Gasteiger partial charge in [0.2, 0.25) is 0 Å². The van der Waals surface area contributed by atoms with Crippen molar-refractivity contribution < 1.29 is 0 Å². The summed E-state index contributed by atoms with van der Waals surface area (Å²) < 4.78 is 10.2. The fourth-order valence-electron chi connectivity index (χ4n) is 8.87. The highest BCUT2D eigenvalue weighted by Gasteiger charge is 2.44. The standard InChI is InChI=1S/C46H70BrN3S3/c1-3-5-7-9-11-13-15-17-19-21-23-25-27-29-32-46(33-30-28-26-24-22-20-18-16-14-12-10-8-6-4-2)37-31-34-51-44(37)45-38(46)35-40(52-45)42-43-41(49-53-50-43)39(47)36-48-42/h31,34-36H,3-30,32-33H2,1-2H3. The van der Waals surface area contributed by atoms with Gasteiger partial charge in [-0.25, -0.2) is 0 Å². The number of halogens is 1. The predicted molar refractivity (Wildman–Crippen MR) is 240 cm³/mol. The van der Waals surface area contributed by atoms with Crippen LogP contribution in [0.25, 0.3) is 31.4 Å². The zero-order valence-corrected chi connectivity index (χ0v) is 37.5. The van der Waals surface area contributed by atoms with Crippen molar-refractivity contribution >= 4 is 61.4 Å². The molecule has 53 heavy (non-hydrogen) atoms. The molecule has 4 aromatic heterocycles. The first-order valence-corrected chi connectivity index (χ1v) is 25.4. The third-order valence-corrected chi connectivity index (χ3v) is 15.4. The Kier molecular flexibility index (Phi) is 19.9. The molecule has 0 fully saturated rings. The molecule has 1 aliphatic rings. The second-order valence-corrected chi connectivity index (χ2v) is 19.6. The number of rotatable bonds is 31. The van der Waals surface area contributed by atoms with E-state index in [4.69, 9.17) is 9.36 Å². The molecule has 0 spiro atoms. The Morgan fingerprint density at radius 2 is 1.00 bits per heavy atom. The first kappa shape index (κ1) is 43.0. The summed E-state index contributed by atoms with van der Waals surface area (Å²) in [5.41, 5.74) is 6.22. The summed E-state index contributed by atoms with van der Waals surface area (Å²) in [6.07, 6.45) is 44.1. The van der Waals surface area contributed by atoms with Gasteiger partial charge in [0, 0.05) is 21.4 Å². The number of thiophene rings is 2. The van der Waals surface area contributed by atoms with Crippen molar-refractivity contribution in [1.82, 2.24) is 13.7 Å². The largest absolute Gasteiger partial charge is 0.252 e. The molecule has 4 heterocycles. The van der Waals surface area contributed by atoms with Gasteiger partial charge in [-0.05, 0) is 57.4 Å². The first-order valence-electron chi connectivity index (χ1n) is 22.2. The van der Waals surface area contributed by atoms with Crippen molar-refractivity contribution in [3.63, 3.8) is 0 Å². The van der Waals surface area contributed by atoms with Crippen LogP contribution in [0.2, 0.25) is 0 Å². The monoisotopic (exact) mass is 839 g/mol. The molecule has 7 heteroatoms. The van der Waals surface area contributed by atoms with Crippen LogP contribution in [0.1, 0.15) is 218 Å². The number of hydrogen-bond donors (Lipinski definition) is 0. The average Bonchev–Trinajstić information content (AvgIpc) is 3.98. The summed E-state index contributed by atoms with van der Waals surface area (Å²) in [6.45, 7) is 4.62. The predicted octanol–water partition coefficient (Wildman–Crippen LogP) is 17.6. The summed E-state index contributed by atoms with van der Waals surface area (Å²) in [6, 6.07) is 5.01. The lowest BCUT2D eigenvalue weighted by molar-refractivity contribution is 0.397. The Bertz CT molecular complexity index is 1540. The molecule has 0 aliphatic heterocycles. The van der Waals surface area contributed by atoms with E-state index in [1.165, 1.54) is 219 Å². The second-order valence-electron chi connectivity index (χ2n) is 16.2. The van der Waals surface area contributed by atoms with Crippen LogP contribution in [0.4, 0.5) is 0 Å². The number of pyridine rings is 1. The van der Waals surface area contributed by atoms with E-state index >= 15 is 0 Å². The van der Waals surface area contributed by atoms with Crippen LogP contribution in [0.15, 0.2) is 28.2 Å². The molecule has 4 aromatic rings. The lowest BCUT2D eigenvalue weighted by Gasteiger charge is -2.31. The number of hydrogen-bond acceptors (Lipinski definition) is 6. The lowest BCUT2D eigenvalue weighted by Crippen LogP contribution is -2.24. The van der Waals surface area contributed by atoms with Gasteiger partial charge in [-0.1, -0.05) is 194 Å². The lowest BCUT2D eigenvalue weighted by atomic mass is 9.71. The molecule has 0 saturated heterocycles. The maximum atomic E-state index is 4.91. The van der Waals surface area contributed by atoms with Crippen molar-refractivity contribution in [2.45, 2.75) is 212 Å². The van der Waals surface area contributed by atoms with Crippen LogP contribution >= 0.6 is 50.3 Å². The number of nitrogens with zero attached hydrogens (tertiary/aromatic N) is 3. The van der Waals surface area contributed by atoms with Crippen molar-refractivity contribution in [2.24, 2.45) is 0 Å². The zero-order valence-electron chi connectivity index (χ0n) is 33.5. The van der Waals surface area contributed by atoms with Gasteiger partial charge in [0.1, 0.15) is 16.7 Å². The summed E-state index contributed by atoms with van der Waals surface area (Å²) in [5.74, 6) is 0. The normalized spacial score (nSPS) is 13.3. The summed E-state index contributed by atoms with van der Waals surface area (Å²) in [7, 11) is 0. The number of aromatic nitrogens is 3. The van der Waals surface area contributed by atoms with Gasteiger partial charge < -0.3 is 0 Å². The van der Waals surface area contributed by atoms with Crippen LogP contribution in [-0.4, -0.2) is 13.7 Å². The van der Waals surface area contributed by atoms with E-state index in [1.807, 2.05) is 28.9 Å². The molecule has 3 nitrogen and oxygen atoms in total. The Morgan fingerprint density at radius 1 is 0.547 bits per heavy atom. The van der Waals surface area contributed by atoms with Crippen molar-refractivity contribution in [3.8, 4) is 20.3 Å². The van der Waals surface area contributed by atoms with Crippen molar-refractivity contribution in [1.29, 1.82) is 0 Å².